The number of hydrogen-bond acceptors (Lipinski definition) is 7. The minimum absolute atomic E-state index is 0.0282. The quantitative estimate of drug-likeness (QED) is 0.740. The number of esters is 1. The molecule has 1 aliphatic rings. The standard InChI is InChI=1S/C17H19N3O6S/c1-12-9-16(26-19-12)18-15(21)11-25-17(22)13-5-4-6-14(10-13)27(23,24)20-7-2-3-8-20/h4-6,9-10H,2-3,7-8,11H2,1H3,(H,18,21). The number of carbonyl (C=O) groups excluding carboxylic acids is 2. The number of anilines is 1. The molecule has 1 N–H and O–H groups in total. The smallest absolute Gasteiger partial charge is 0.338 e. The van der Waals surface area contributed by atoms with Crippen molar-refractivity contribution in [1.29, 1.82) is 0 Å². The van der Waals surface area contributed by atoms with Gasteiger partial charge >= 0.3 is 5.97 Å². The molecule has 2 heterocycles. The van der Waals surface area contributed by atoms with Crippen molar-refractivity contribution in [3.63, 3.8) is 0 Å². The molecule has 0 spiro atoms. The van der Waals surface area contributed by atoms with Crippen molar-refractivity contribution >= 4 is 27.8 Å². The number of nitrogens with one attached hydrogen (secondary N) is 1. The van der Waals surface area contributed by atoms with E-state index in [1.165, 1.54) is 34.6 Å². The van der Waals surface area contributed by atoms with Crippen LogP contribution in [-0.4, -0.2) is 49.5 Å². The first-order chi connectivity index (χ1) is 12.9. The Bertz CT molecular complexity index is 947. The van der Waals surface area contributed by atoms with Crippen LogP contribution >= 0.6 is 0 Å². The summed E-state index contributed by atoms with van der Waals surface area (Å²) in [6.07, 6.45) is 1.64. The molecule has 1 aliphatic heterocycles. The number of ether oxygens (including phenoxy) is 1. The van der Waals surface area contributed by atoms with Gasteiger partial charge in [-0.2, -0.15) is 4.31 Å². The molecule has 0 radical (unpaired) electrons. The maximum atomic E-state index is 12.6. The number of benzene rings is 1. The monoisotopic (exact) mass is 393 g/mol. The average Bonchev–Trinajstić information content (AvgIpc) is 3.32. The first-order valence-electron chi connectivity index (χ1n) is 8.37. The van der Waals surface area contributed by atoms with Gasteiger partial charge in [0.25, 0.3) is 5.91 Å². The molecule has 9 nitrogen and oxygen atoms in total. The molecule has 0 unspecified atom stereocenters. The van der Waals surface area contributed by atoms with Crippen molar-refractivity contribution in [1.82, 2.24) is 9.46 Å². The van der Waals surface area contributed by atoms with Crippen LogP contribution in [0.4, 0.5) is 5.88 Å². The Morgan fingerprint density at radius 2 is 2.00 bits per heavy atom. The highest BCUT2D eigenvalue weighted by molar-refractivity contribution is 7.89. The van der Waals surface area contributed by atoms with E-state index >= 15 is 0 Å². The number of nitrogens with zero attached hydrogens (tertiary/aromatic N) is 2. The molecule has 2 aromatic rings. The molecular weight excluding hydrogens is 374 g/mol. The predicted molar refractivity (Wildman–Crippen MR) is 94.6 cm³/mol. The van der Waals surface area contributed by atoms with Crippen LogP contribution in [-0.2, 0) is 19.6 Å². The van der Waals surface area contributed by atoms with Gasteiger partial charge < -0.3 is 9.26 Å². The van der Waals surface area contributed by atoms with Gasteiger partial charge in [-0.25, -0.2) is 13.2 Å². The SMILES string of the molecule is Cc1cc(NC(=O)COC(=O)c2cccc(S(=O)(=O)N3CCCC3)c2)on1. The average molecular weight is 393 g/mol. The van der Waals surface area contributed by atoms with E-state index in [1.807, 2.05) is 0 Å². The fraction of sp³-hybridized carbons (Fsp3) is 0.353. The fourth-order valence-electron chi connectivity index (χ4n) is 2.67. The minimum atomic E-state index is -3.64. The molecule has 1 saturated heterocycles. The third-order valence-corrected chi connectivity index (χ3v) is 5.89. The molecule has 1 aromatic heterocycles. The summed E-state index contributed by atoms with van der Waals surface area (Å²) in [7, 11) is -3.64. The highest BCUT2D eigenvalue weighted by Gasteiger charge is 2.27. The van der Waals surface area contributed by atoms with E-state index in [2.05, 4.69) is 10.5 Å². The number of aromatic nitrogens is 1. The summed E-state index contributed by atoms with van der Waals surface area (Å²) >= 11 is 0. The summed E-state index contributed by atoms with van der Waals surface area (Å²) < 4.78 is 36.3. The van der Waals surface area contributed by atoms with E-state index in [0.717, 1.165) is 12.8 Å². The largest absolute Gasteiger partial charge is 0.452 e. The van der Waals surface area contributed by atoms with E-state index < -0.39 is 28.5 Å². The second-order valence-electron chi connectivity index (χ2n) is 6.10. The first-order valence-corrected chi connectivity index (χ1v) is 9.81. The van der Waals surface area contributed by atoms with Crippen molar-refractivity contribution in [2.75, 3.05) is 25.0 Å². The highest BCUT2D eigenvalue weighted by atomic mass is 32.2. The molecule has 0 atom stereocenters. The molecule has 0 bridgehead atoms. The summed E-state index contributed by atoms with van der Waals surface area (Å²) in [6.45, 7) is 2.10. The van der Waals surface area contributed by atoms with E-state index in [1.54, 1.807) is 6.92 Å². The van der Waals surface area contributed by atoms with Crippen LogP contribution in [0.25, 0.3) is 0 Å². The third kappa shape index (κ3) is 4.52. The molecule has 1 amide bonds. The Hall–Kier alpha value is -2.72. The van der Waals surface area contributed by atoms with Crippen molar-refractivity contribution in [3.05, 3.63) is 41.6 Å². The Morgan fingerprint density at radius 3 is 2.67 bits per heavy atom. The zero-order valence-corrected chi connectivity index (χ0v) is 15.5. The molecule has 1 aromatic carbocycles. The van der Waals surface area contributed by atoms with Gasteiger partial charge in [0.15, 0.2) is 6.61 Å². The number of aryl methyl sites for hydroxylation is 1. The van der Waals surface area contributed by atoms with Gasteiger partial charge in [-0.3, -0.25) is 10.1 Å². The van der Waals surface area contributed by atoms with Crippen LogP contribution in [0.3, 0.4) is 0 Å². The summed E-state index contributed by atoms with van der Waals surface area (Å²) in [5, 5.41) is 6.01. The van der Waals surface area contributed by atoms with Crippen LogP contribution in [0.5, 0.6) is 0 Å². The van der Waals surface area contributed by atoms with Gasteiger partial charge in [0, 0.05) is 19.2 Å². The van der Waals surface area contributed by atoms with Crippen molar-refractivity contribution in [3.8, 4) is 0 Å². The summed E-state index contributed by atoms with van der Waals surface area (Å²) in [5.41, 5.74) is 0.650. The van der Waals surface area contributed by atoms with Gasteiger partial charge in [0.05, 0.1) is 16.2 Å². The lowest BCUT2D eigenvalue weighted by Crippen LogP contribution is -2.28. The first kappa shape index (κ1) is 19.1. The van der Waals surface area contributed by atoms with E-state index in [-0.39, 0.29) is 16.3 Å². The number of rotatable bonds is 6. The molecule has 0 aliphatic carbocycles. The Morgan fingerprint density at radius 1 is 1.26 bits per heavy atom. The summed E-state index contributed by atoms with van der Waals surface area (Å²) in [6, 6.07) is 7.11. The van der Waals surface area contributed by atoms with Crippen molar-refractivity contribution in [2.24, 2.45) is 0 Å². The van der Waals surface area contributed by atoms with E-state index in [4.69, 9.17) is 9.26 Å². The molecular formula is C17H19N3O6S. The second-order valence-corrected chi connectivity index (χ2v) is 8.03. The van der Waals surface area contributed by atoms with Gasteiger partial charge in [-0.15, -0.1) is 0 Å². The lowest BCUT2D eigenvalue weighted by atomic mass is 10.2. The highest BCUT2D eigenvalue weighted by Crippen LogP contribution is 2.21. The maximum Gasteiger partial charge on any atom is 0.338 e. The zero-order chi connectivity index (χ0) is 19.4. The van der Waals surface area contributed by atoms with Crippen LogP contribution in [0, 0.1) is 6.92 Å². The topological polar surface area (TPSA) is 119 Å². The van der Waals surface area contributed by atoms with Crippen LogP contribution < -0.4 is 5.32 Å². The number of amides is 1. The summed E-state index contributed by atoms with van der Waals surface area (Å²) in [5.74, 6) is -1.25. The van der Waals surface area contributed by atoms with Gasteiger partial charge in [-0.05, 0) is 38.0 Å². The summed E-state index contributed by atoms with van der Waals surface area (Å²) in [4.78, 5) is 24.0. The van der Waals surface area contributed by atoms with Crippen molar-refractivity contribution in [2.45, 2.75) is 24.7 Å². The Kier molecular flexibility index (Phi) is 5.57. The Balaban J connectivity index is 1.62. The second kappa shape index (κ2) is 7.89. The number of sulfonamides is 1. The molecule has 1 fully saturated rings. The van der Waals surface area contributed by atoms with E-state index in [9.17, 15) is 18.0 Å². The van der Waals surface area contributed by atoms with Gasteiger partial charge in [-0.1, -0.05) is 11.2 Å². The molecule has 144 valence electrons. The fourth-order valence-corrected chi connectivity index (χ4v) is 4.23. The van der Waals surface area contributed by atoms with Gasteiger partial charge in [0.2, 0.25) is 15.9 Å². The van der Waals surface area contributed by atoms with E-state index in [0.29, 0.717) is 18.8 Å². The zero-order valence-electron chi connectivity index (χ0n) is 14.7. The van der Waals surface area contributed by atoms with Gasteiger partial charge in [0.1, 0.15) is 0 Å². The number of hydrogen-bond donors (Lipinski definition) is 1. The third-order valence-electron chi connectivity index (χ3n) is 4.00. The molecule has 10 heteroatoms. The number of carbonyl (C=O) groups is 2. The van der Waals surface area contributed by atoms with Crippen LogP contribution in [0.2, 0.25) is 0 Å². The predicted octanol–water partition coefficient (Wildman–Crippen LogP) is 1.56. The minimum Gasteiger partial charge on any atom is -0.452 e. The van der Waals surface area contributed by atoms with Crippen LogP contribution in [0.1, 0.15) is 28.9 Å². The van der Waals surface area contributed by atoms with Crippen molar-refractivity contribution < 1.29 is 27.3 Å². The molecule has 3 rings (SSSR count). The lowest BCUT2D eigenvalue weighted by Gasteiger charge is -2.15. The Labute approximate surface area is 156 Å². The molecule has 0 saturated carbocycles. The maximum absolute atomic E-state index is 12.6. The lowest BCUT2D eigenvalue weighted by molar-refractivity contribution is -0.119. The van der Waals surface area contributed by atoms with Crippen LogP contribution in [0.15, 0.2) is 39.8 Å². The normalized spacial score (nSPS) is 14.9. The molecule has 27 heavy (non-hydrogen) atoms.